The van der Waals surface area contributed by atoms with Gasteiger partial charge in [0.1, 0.15) is 16.9 Å². The molecule has 0 bridgehead atoms. The molecule has 0 spiro atoms. The Hall–Kier alpha value is -1.71. The quantitative estimate of drug-likeness (QED) is 0.785. The highest BCUT2D eigenvalue weighted by Crippen LogP contribution is 2.31. The normalized spacial score (nSPS) is 22.5. The summed E-state index contributed by atoms with van der Waals surface area (Å²) in [4.78, 5) is 15.9. The summed E-state index contributed by atoms with van der Waals surface area (Å²) in [5.41, 5.74) is -0.261. The number of nitriles is 1. The number of nitrogens with zero attached hydrogens (tertiary/aromatic N) is 3. The molecule has 116 valence electrons. The van der Waals surface area contributed by atoms with E-state index >= 15 is 0 Å². The van der Waals surface area contributed by atoms with E-state index in [9.17, 15) is 18.8 Å². The van der Waals surface area contributed by atoms with Crippen LogP contribution in [0.4, 0.5) is 8.78 Å². The second kappa shape index (κ2) is 5.82. The largest absolute Gasteiger partial charge is 0.335 e. The summed E-state index contributed by atoms with van der Waals surface area (Å²) in [6.07, 6.45) is 2.16. The Morgan fingerprint density at radius 3 is 2.68 bits per heavy atom. The van der Waals surface area contributed by atoms with Crippen molar-refractivity contribution >= 4 is 17.5 Å². The van der Waals surface area contributed by atoms with Crippen LogP contribution in [0.2, 0.25) is 5.02 Å². The first-order valence-corrected chi connectivity index (χ1v) is 7.49. The highest BCUT2D eigenvalue weighted by atomic mass is 35.5. The summed E-state index contributed by atoms with van der Waals surface area (Å²) in [5.74, 6) is -2.51. The van der Waals surface area contributed by atoms with Crippen molar-refractivity contribution in [3.8, 4) is 6.07 Å². The van der Waals surface area contributed by atoms with Crippen LogP contribution in [0.3, 0.4) is 0 Å². The van der Waals surface area contributed by atoms with Crippen molar-refractivity contribution in [3.05, 3.63) is 34.4 Å². The number of carbonyl (C=O) groups is 1. The van der Waals surface area contributed by atoms with Gasteiger partial charge < -0.3 is 4.90 Å². The van der Waals surface area contributed by atoms with Crippen molar-refractivity contribution in [2.45, 2.75) is 24.9 Å². The molecule has 1 aromatic rings. The zero-order chi connectivity index (χ0) is 15.9. The summed E-state index contributed by atoms with van der Waals surface area (Å²) in [6, 6.07) is 4.31. The fourth-order valence-corrected chi connectivity index (χ4v) is 2.97. The fraction of sp³-hybridized carbons (Fsp3) is 0.467. The molecular weight excluding hydrogens is 312 g/mol. The van der Waals surface area contributed by atoms with Gasteiger partial charge in [0.25, 0.3) is 5.91 Å². The summed E-state index contributed by atoms with van der Waals surface area (Å²) in [7, 11) is 0. The van der Waals surface area contributed by atoms with Crippen molar-refractivity contribution in [1.82, 2.24) is 9.80 Å². The second-order valence-electron chi connectivity index (χ2n) is 5.59. The van der Waals surface area contributed by atoms with Crippen molar-refractivity contribution in [2.75, 3.05) is 19.6 Å². The molecule has 2 aliphatic rings. The maximum absolute atomic E-state index is 14.0. The van der Waals surface area contributed by atoms with Crippen LogP contribution >= 0.6 is 11.6 Å². The molecule has 1 aromatic carbocycles. The van der Waals surface area contributed by atoms with Crippen LogP contribution in [0.15, 0.2) is 12.1 Å². The maximum Gasteiger partial charge on any atom is 0.257 e. The van der Waals surface area contributed by atoms with Gasteiger partial charge in [0, 0.05) is 25.7 Å². The molecule has 3 rings (SSSR count). The van der Waals surface area contributed by atoms with E-state index in [2.05, 4.69) is 11.0 Å². The van der Waals surface area contributed by atoms with Gasteiger partial charge >= 0.3 is 0 Å². The van der Waals surface area contributed by atoms with Crippen molar-refractivity contribution in [3.63, 3.8) is 0 Å². The lowest BCUT2D eigenvalue weighted by atomic mass is 10.1. The molecule has 22 heavy (non-hydrogen) atoms. The lowest BCUT2D eigenvalue weighted by Gasteiger charge is -2.38. The lowest BCUT2D eigenvalue weighted by molar-refractivity contribution is 0.0546. The zero-order valence-electron chi connectivity index (χ0n) is 11.7. The summed E-state index contributed by atoms with van der Waals surface area (Å²) in [5, 5.41) is 8.59. The minimum absolute atomic E-state index is 0.222. The average molecular weight is 326 g/mol. The monoisotopic (exact) mass is 325 g/mol. The SMILES string of the molecule is N#CC1CN(C(=O)c2ccc(F)c(Cl)c2F)CCN1C1CC1. The zero-order valence-corrected chi connectivity index (χ0v) is 12.5. The highest BCUT2D eigenvalue weighted by Gasteiger charge is 2.39. The number of hydrogen-bond acceptors (Lipinski definition) is 3. The third-order valence-corrected chi connectivity index (χ3v) is 4.49. The molecule has 1 unspecified atom stereocenters. The molecule has 4 nitrogen and oxygen atoms in total. The lowest BCUT2D eigenvalue weighted by Crippen LogP contribution is -2.55. The van der Waals surface area contributed by atoms with Crippen LogP contribution in [-0.4, -0.2) is 47.4 Å². The van der Waals surface area contributed by atoms with Crippen molar-refractivity contribution in [2.24, 2.45) is 0 Å². The minimum atomic E-state index is -1.05. The van der Waals surface area contributed by atoms with Crippen LogP contribution in [0.5, 0.6) is 0 Å². The van der Waals surface area contributed by atoms with Gasteiger partial charge in [-0.2, -0.15) is 5.26 Å². The predicted molar refractivity (Wildman–Crippen MR) is 76.4 cm³/mol. The van der Waals surface area contributed by atoms with Crippen LogP contribution in [-0.2, 0) is 0 Å². The molecule has 1 heterocycles. The van der Waals surface area contributed by atoms with Gasteiger partial charge in [0.05, 0.1) is 11.6 Å². The van der Waals surface area contributed by atoms with E-state index in [1.54, 1.807) is 0 Å². The summed E-state index contributed by atoms with van der Waals surface area (Å²) in [6.45, 7) is 1.23. The van der Waals surface area contributed by atoms with E-state index in [-0.39, 0.29) is 18.2 Å². The van der Waals surface area contributed by atoms with Gasteiger partial charge in [-0.25, -0.2) is 8.78 Å². The van der Waals surface area contributed by atoms with E-state index in [1.165, 1.54) is 4.90 Å². The number of amides is 1. The molecule has 1 amide bonds. The Kier molecular flexibility index (Phi) is 4.02. The van der Waals surface area contributed by atoms with Crippen LogP contribution < -0.4 is 0 Å². The Balaban J connectivity index is 1.79. The molecule has 2 fully saturated rings. The first kappa shape index (κ1) is 15.2. The number of hydrogen-bond donors (Lipinski definition) is 0. The van der Waals surface area contributed by atoms with Crippen molar-refractivity contribution in [1.29, 1.82) is 5.26 Å². The Labute approximate surface area is 131 Å². The molecule has 0 N–H and O–H groups in total. The summed E-state index contributed by atoms with van der Waals surface area (Å²) >= 11 is 5.51. The van der Waals surface area contributed by atoms with E-state index in [4.69, 9.17) is 11.6 Å². The van der Waals surface area contributed by atoms with E-state index < -0.39 is 22.6 Å². The Morgan fingerprint density at radius 1 is 1.32 bits per heavy atom. The first-order valence-electron chi connectivity index (χ1n) is 7.11. The topological polar surface area (TPSA) is 47.3 Å². The second-order valence-corrected chi connectivity index (χ2v) is 5.97. The van der Waals surface area contributed by atoms with Gasteiger partial charge in [-0.1, -0.05) is 11.6 Å². The first-order chi connectivity index (χ1) is 10.5. The molecule has 7 heteroatoms. The molecule has 0 aromatic heterocycles. The van der Waals surface area contributed by atoms with E-state index in [0.29, 0.717) is 19.1 Å². The summed E-state index contributed by atoms with van der Waals surface area (Å²) < 4.78 is 27.1. The number of carbonyl (C=O) groups excluding carboxylic acids is 1. The Morgan fingerprint density at radius 2 is 2.05 bits per heavy atom. The van der Waals surface area contributed by atoms with Gasteiger partial charge in [0.15, 0.2) is 5.82 Å². The van der Waals surface area contributed by atoms with E-state index in [0.717, 1.165) is 25.0 Å². The van der Waals surface area contributed by atoms with Gasteiger partial charge in [-0.3, -0.25) is 9.69 Å². The number of halogens is 3. The van der Waals surface area contributed by atoms with Gasteiger partial charge in [-0.05, 0) is 25.0 Å². The highest BCUT2D eigenvalue weighted by molar-refractivity contribution is 6.31. The smallest absolute Gasteiger partial charge is 0.257 e. The molecule has 1 saturated heterocycles. The molecule has 1 atom stereocenters. The molecule has 1 saturated carbocycles. The molecular formula is C15H14ClF2N3O. The predicted octanol–water partition coefficient (Wildman–Crippen LogP) is 2.43. The number of piperazine rings is 1. The number of benzene rings is 1. The standard InChI is InChI=1S/C15H14ClF2N3O/c16-13-12(17)4-3-11(14(13)18)15(22)20-5-6-21(9-1-2-9)10(7-19)8-20/h3-4,9-10H,1-2,5-6,8H2. The van der Waals surface area contributed by atoms with Crippen molar-refractivity contribution < 1.29 is 13.6 Å². The van der Waals surface area contributed by atoms with Crippen LogP contribution in [0.25, 0.3) is 0 Å². The van der Waals surface area contributed by atoms with Crippen LogP contribution in [0, 0.1) is 23.0 Å². The third-order valence-electron chi connectivity index (χ3n) is 4.14. The minimum Gasteiger partial charge on any atom is -0.335 e. The molecule has 0 radical (unpaired) electrons. The Bertz CT molecular complexity index is 657. The maximum atomic E-state index is 14.0. The number of rotatable bonds is 2. The van der Waals surface area contributed by atoms with Gasteiger partial charge in [0.2, 0.25) is 0 Å². The average Bonchev–Trinajstić information content (AvgIpc) is 3.36. The fourth-order valence-electron chi connectivity index (χ4n) is 2.80. The molecule has 1 aliphatic carbocycles. The molecule has 1 aliphatic heterocycles. The van der Waals surface area contributed by atoms with Crippen LogP contribution in [0.1, 0.15) is 23.2 Å². The van der Waals surface area contributed by atoms with Gasteiger partial charge in [-0.15, -0.1) is 0 Å². The van der Waals surface area contributed by atoms with E-state index in [1.807, 2.05) is 0 Å². The third kappa shape index (κ3) is 2.67.